The molecule has 0 bridgehead atoms. The topological polar surface area (TPSA) is 74.8 Å². The van der Waals surface area contributed by atoms with Gasteiger partial charge in [-0.2, -0.15) is 0 Å². The molecular formula is C26H28N4O3. The molecule has 7 heteroatoms. The minimum absolute atomic E-state index is 0.0977. The van der Waals surface area contributed by atoms with Crippen molar-refractivity contribution in [3.8, 4) is 11.5 Å². The lowest BCUT2D eigenvalue weighted by Gasteiger charge is -2.35. The molecule has 0 unspecified atom stereocenters. The number of nitrogens with zero attached hydrogens (tertiary/aromatic N) is 3. The number of piperazine rings is 1. The van der Waals surface area contributed by atoms with Gasteiger partial charge in [-0.1, -0.05) is 24.3 Å². The normalized spacial score (nSPS) is 13.5. The van der Waals surface area contributed by atoms with E-state index in [-0.39, 0.29) is 11.8 Å². The van der Waals surface area contributed by atoms with E-state index in [1.165, 1.54) is 0 Å². The Labute approximate surface area is 194 Å². The third kappa shape index (κ3) is 6.55. The van der Waals surface area contributed by atoms with Crippen LogP contribution in [-0.2, 0) is 9.59 Å². The lowest BCUT2D eigenvalue weighted by molar-refractivity contribution is -0.131. The number of anilines is 2. The predicted octanol–water partition coefficient (Wildman–Crippen LogP) is 4.33. The molecule has 0 saturated carbocycles. The first-order valence-electron chi connectivity index (χ1n) is 11.2. The van der Waals surface area contributed by atoms with Gasteiger partial charge in [-0.3, -0.25) is 9.59 Å². The first-order chi connectivity index (χ1) is 16.2. The van der Waals surface area contributed by atoms with Crippen molar-refractivity contribution >= 4 is 23.3 Å². The van der Waals surface area contributed by atoms with Crippen LogP contribution in [0.4, 0.5) is 11.5 Å². The Morgan fingerprint density at radius 3 is 2.21 bits per heavy atom. The van der Waals surface area contributed by atoms with Crippen LogP contribution in [0, 0.1) is 0 Å². The quantitative estimate of drug-likeness (QED) is 0.560. The van der Waals surface area contributed by atoms with Crippen LogP contribution in [0.15, 0.2) is 79.0 Å². The first-order valence-corrected chi connectivity index (χ1v) is 11.2. The van der Waals surface area contributed by atoms with Crippen molar-refractivity contribution in [3.05, 3.63) is 79.0 Å². The SMILES string of the molecule is O=C(CCCC(=O)N1CCN(c2ccccn2)CC1)Nc1ccc(Oc2ccccc2)cc1. The number of rotatable bonds is 8. The van der Waals surface area contributed by atoms with Gasteiger partial charge in [0.05, 0.1) is 0 Å². The first kappa shape index (κ1) is 22.3. The van der Waals surface area contributed by atoms with Crippen molar-refractivity contribution < 1.29 is 14.3 Å². The maximum atomic E-state index is 12.5. The Balaban J connectivity index is 1.15. The number of aromatic nitrogens is 1. The number of ether oxygens (including phenoxy) is 1. The molecule has 170 valence electrons. The van der Waals surface area contributed by atoms with E-state index in [0.29, 0.717) is 43.8 Å². The molecule has 0 atom stereocenters. The summed E-state index contributed by atoms with van der Waals surface area (Å²) in [6, 6.07) is 22.6. The van der Waals surface area contributed by atoms with Crippen LogP contribution in [0.2, 0.25) is 0 Å². The summed E-state index contributed by atoms with van der Waals surface area (Å²) in [5.41, 5.74) is 0.706. The van der Waals surface area contributed by atoms with Crippen LogP contribution in [0.25, 0.3) is 0 Å². The second-order valence-electron chi connectivity index (χ2n) is 7.90. The third-order valence-corrected chi connectivity index (χ3v) is 5.52. The molecule has 2 aromatic carbocycles. The zero-order valence-corrected chi connectivity index (χ0v) is 18.5. The molecule has 33 heavy (non-hydrogen) atoms. The highest BCUT2D eigenvalue weighted by atomic mass is 16.5. The number of carbonyl (C=O) groups is 2. The number of carbonyl (C=O) groups excluding carboxylic acids is 2. The fraction of sp³-hybridized carbons (Fsp3) is 0.269. The van der Waals surface area contributed by atoms with E-state index < -0.39 is 0 Å². The average Bonchev–Trinajstić information content (AvgIpc) is 2.86. The summed E-state index contributed by atoms with van der Waals surface area (Å²) < 4.78 is 5.76. The number of hydrogen-bond donors (Lipinski definition) is 1. The fourth-order valence-corrected chi connectivity index (χ4v) is 3.74. The Hall–Kier alpha value is -3.87. The maximum Gasteiger partial charge on any atom is 0.224 e. The summed E-state index contributed by atoms with van der Waals surface area (Å²) >= 11 is 0. The van der Waals surface area contributed by atoms with E-state index >= 15 is 0 Å². The largest absolute Gasteiger partial charge is 0.457 e. The van der Waals surface area contributed by atoms with E-state index in [2.05, 4.69) is 15.2 Å². The number of nitrogens with one attached hydrogen (secondary N) is 1. The molecule has 1 aliphatic rings. The van der Waals surface area contributed by atoms with Crippen molar-refractivity contribution in [2.24, 2.45) is 0 Å². The van der Waals surface area contributed by atoms with Crippen LogP contribution < -0.4 is 15.0 Å². The van der Waals surface area contributed by atoms with Crippen LogP contribution in [0.5, 0.6) is 11.5 Å². The number of amides is 2. The van der Waals surface area contributed by atoms with Gasteiger partial charge in [0, 0.05) is 50.9 Å². The zero-order valence-electron chi connectivity index (χ0n) is 18.5. The van der Waals surface area contributed by atoms with Gasteiger partial charge in [0.2, 0.25) is 11.8 Å². The second-order valence-corrected chi connectivity index (χ2v) is 7.90. The summed E-state index contributed by atoms with van der Waals surface area (Å²) in [6.07, 6.45) is 2.99. The van der Waals surface area contributed by atoms with E-state index in [4.69, 9.17) is 4.74 Å². The van der Waals surface area contributed by atoms with Crippen molar-refractivity contribution in [2.45, 2.75) is 19.3 Å². The van der Waals surface area contributed by atoms with E-state index in [9.17, 15) is 9.59 Å². The number of para-hydroxylation sites is 1. The van der Waals surface area contributed by atoms with Gasteiger partial charge in [-0.15, -0.1) is 0 Å². The van der Waals surface area contributed by atoms with Crippen LogP contribution in [0.3, 0.4) is 0 Å². The van der Waals surface area contributed by atoms with E-state index in [1.807, 2.05) is 77.7 Å². The molecule has 1 saturated heterocycles. The van der Waals surface area contributed by atoms with Gasteiger partial charge in [0.15, 0.2) is 0 Å². The number of benzene rings is 2. The molecule has 0 radical (unpaired) electrons. The summed E-state index contributed by atoms with van der Waals surface area (Å²) in [5.74, 6) is 2.41. The van der Waals surface area contributed by atoms with E-state index in [1.54, 1.807) is 6.20 Å². The minimum atomic E-state index is -0.0977. The summed E-state index contributed by atoms with van der Waals surface area (Å²) in [6.45, 7) is 2.90. The highest BCUT2D eigenvalue weighted by Crippen LogP contribution is 2.22. The minimum Gasteiger partial charge on any atom is -0.457 e. The van der Waals surface area contributed by atoms with Crippen LogP contribution in [0.1, 0.15) is 19.3 Å². The number of hydrogen-bond acceptors (Lipinski definition) is 5. The predicted molar refractivity (Wildman–Crippen MR) is 128 cm³/mol. The molecule has 0 spiro atoms. The molecule has 0 aliphatic carbocycles. The summed E-state index contributed by atoms with van der Waals surface area (Å²) in [7, 11) is 0. The Kier molecular flexibility index (Phi) is 7.53. The van der Waals surface area contributed by atoms with E-state index in [0.717, 1.165) is 24.7 Å². The fourth-order valence-electron chi connectivity index (χ4n) is 3.74. The number of pyridine rings is 1. The molecule has 4 rings (SSSR count). The Morgan fingerprint density at radius 1 is 0.818 bits per heavy atom. The standard InChI is InChI=1S/C26H28N4O3/c31-25(28-21-12-14-23(15-13-21)33-22-7-2-1-3-8-22)10-6-11-26(32)30-19-17-29(18-20-30)24-9-4-5-16-27-24/h1-5,7-9,12-16H,6,10-11,17-20H2,(H,28,31). The van der Waals surface area contributed by atoms with Gasteiger partial charge in [0.1, 0.15) is 17.3 Å². The molecule has 2 heterocycles. The van der Waals surface area contributed by atoms with Gasteiger partial charge < -0.3 is 19.9 Å². The van der Waals surface area contributed by atoms with Gasteiger partial charge in [0.25, 0.3) is 0 Å². The molecule has 2 amide bonds. The summed E-state index contributed by atoms with van der Waals surface area (Å²) in [4.78, 5) is 33.2. The van der Waals surface area contributed by atoms with Gasteiger partial charge in [-0.25, -0.2) is 4.98 Å². The molecule has 3 aromatic rings. The highest BCUT2D eigenvalue weighted by molar-refractivity contribution is 5.91. The second kappa shape index (κ2) is 11.1. The van der Waals surface area contributed by atoms with Crippen LogP contribution in [-0.4, -0.2) is 47.9 Å². The highest BCUT2D eigenvalue weighted by Gasteiger charge is 2.21. The molecule has 1 fully saturated rings. The smallest absolute Gasteiger partial charge is 0.224 e. The summed E-state index contributed by atoms with van der Waals surface area (Å²) in [5, 5.41) is 2.88. The van der Waals surface area contributed by atoms with Gasteiger partial charge in [-0.05, 0) is 55.0 Å². The van der Waals surface area contributed by atoms with Gasteiger partial charge >= 0.3 is 0 Å². The van der Waals surface area contributed by atoms with Crippen molar-refractivity contribution in [2.75, 3.05) is 36.4 Å². The van der Waals surface area contributed by atoms with Crippen molar-refractivity contribution in [1.82, 2.24) is 9.88 Å². The van der Waals surface area contributed by atoms with Crippen molar-refractivity contribution in [3.63, 3.8) is 0 Å². The Bertz CT molecular complexity index is 1030. The maximum absolute atomic E-state index is 12.5. The third-order valence-electron chi connectivity index (χ3n) is 5.52. The lowest BCUT2D eigenvalue weighted by atomic mass is 10.2. The molecular weight excluding hydrogens is 416 g/mol. The molecule has 1 N–H and O–H groups in total. The Morgan fingerprint density at radius 2 is 1.52 bits per heavy atom. The van der Waals surface area contributed by atoms with Crippen molar-refractivity contribution in [1.29, 1.82) is 0 Å². The zero-order chi connectivity index (χ0) is 22.9. The molecule has 1 aliphatic heterocycles. The molecule has 1 aromatic heterocycles. The molecule has 7 nitrogen and oxygen atoms in total. The monoisotopic (exact) mass is 444 g/mol. The van der Waals surface area contributed by atoms with Crippen LogP contribution >= 0.6 is 0 Å². The average molecular weight is 445 g/mol. The lowest BCUT2D eigenvalue weighted by Crippen LogP contribution is -2.49.